The highest BCUT2D eigenvalue weighted by atomic mass is 31.2. The van der Waals surface area contributed by atoms with Crippen LogP contribution in [0.5, 0.6) is 0 Å². The molecule has 0 heterocycles. The van der Waals surface area contributed by atoms with Crippen LogP contribution < -0.4 is 0 Å². The van der Waals surface area contributed by atoms with Gasteiger partial charge in [0.05, 0.1) is 0 Å². The van der Waals surface area contributed by atoms with Crippen molar-refractivity contribution in [3.63, 3.8) is 0 Å². The molecule has 0 saturated carbocycles. The Morgan fingerprint density at radius 1 is 0.471 bits per heavy atom. The minimum absolute atomic E-state index is 0.0391. The van der Waals surface area contributed by atoms with E-state index in [1.54, 1.807) is 0 Å². The second kappa shape index (κ2) is 14.9. The predicted octanol–water partition coefficient (Wildman–Crippen LogP) is 8.87. The summed E-state index contributed by atoms with van der Waals surface area (Å²) < 4.78 is 125. The third kappa shape index (κ3) is 12.5. The van der Waals surface area contributed by atoms with Crippen molar-refractivity contribution in [3.8, 4) is 0 Å². The summed E-state index contributed by atoms with van der Waals surface area (Å²) in [5, 5.41) is 0. The molecule has 0 aromatic heterocycles. The largest absolute Gasteiger partial charge is 0.460 e. The smallest absolute Gasteiger partial charge is 0.324 e. The number of unbranched alkanes of at least 4 members (excludes halogenated alkanes) is 14. The second-order valence-corrected chi connectivity index (χ2v) is 10.6. The van der Waals surface area contributed by atoms with Crippen molar-refractivity contribution < 1.29 is 53.9 Å². The van der Waals surface area contributed by atoms with E-state index < -0.39 is 44.4 Å². The maximum Gasteiger partial charge on any atom is 0.460 e. The molecule has 0 aliphatic rings. The summed E-state index contributed by atoms with van der Waals surface area (Å²) >= 11 is 0. The van der Waals surface area contributed by atoms with Crippen molar-refractivity contribution >= 4 is 7.60 Å². The van der Waals surface area contributed by atoms with Crippen molar-refractivity contribution in [2.75, 3.05) is 6.16 Å². The summed E-state index contributed by atoms with van der Waals surface area (Å²) in [6.45, 7) is 0. The van der Waals surface area contributed by atoms with Gasteiger partial charge in [0.2, 0.25) is 0 Å². The van der Waals surface area contributed by atoms with Gasteiger partial charge >= 0.3 is 31.5 Å². The van der Waals surface area contributed by atoms with Gasteiger partial charge in [0, 0.05) is 12.6 Å². The molecular formula is C21H36F9O3P. The maximum atomic E-state index is 13.4. The molecule has 0 saturated heterocycles. The highest BCUT2D eigenvalue weighted by Crippen LogP contribution is 2.54. The Kier molecular flexibility index (Phi) is 14.7. The van der Waals surface area contributed by atoms with Crippen molar-refractivity contribution in [1.82, 2.24) is 0 Å². The van der Waals surface area contributed by atoms with Crippen LogP contribution in [-0.2, 0) is 4.57 Å². The molecule has 0 spiro atoms. The zero-order chi connectivity index (χ0) is 26.5. The molecule has 0 radical (unpaired) electrons. The van der Waals surface area contributed by atoms with Gasteiger partial charge in [-0.3, -0.25) is 4.57 Å². The van der Waals surface area contributed by atoms with Gasteiger partial charge < -0.3 is 9.79 Å². The molecule has 2 N–H and O–H groups in total. The first-order valence-electron chi connectivity index (χ1n) is 11.7. The Bertz CT molecular complexity index is 593. The summed E-state index contributed by atoms with van der Waals surface area (Å²) in [5.41, 5.74) is 0. The lowest BCUT2D eigenvalue weighted by atomic mass is 9.97. The first-order valence-corrected chi connectivity index (χ1v) is 13.5. The summed E-state index contributed by atoms with van der Waals surface area (Å²) in [4.78, 5) is 17.5. The van der Waals surface area contributed by atoms with E-state index in [9.17, 15) is 44.1 Å². The molecule has 0 rings (SSSR count). The van der Waals surface area contributed by atoms with E-state index >= 15 is 0 Å². The lowest BCUT2D eigenvalue weighted by molar-refractivity contribution is -0.396. The Balaban J connectivity index is 3.71. The monoisotopic (exact) mass is 538 g/mol. The average molecular weight is 538 g/mol. The first kappa shape index (κ1) is 33.5. The quantitative estimate of drug-likeness (QED) is 0.0925. The fourth-order valence-electron chi connectivity index (χ4n) is 3.53. The zero-order valence-electron chi connectivity index (χ0n) is 19.2. The molecule has 0 atom stereocenters. The number of halogens is 9. The van der Waals surface area contributed by atoms with Crippen LogP contribution in [0.15, 0.2) is 0 Å². The van der Waals surface area contributed by atoms with Gasteiger partial charge in [0.1, 0.15) is 0 Å². The van der Waals surface area contributed by atoms with E-state index in [4.69, 9.17) is 9.79 Å². The van der Waals surface area contributed by atoms with Crippen molar-refractivity contribution in [3.05, 3.63) is 0 Å². The summed E-state index contributed by atoms with van der Waals surface area (Å²) in [5.74, 6) is -18.8. The molecule has 0 aliphatic heterocycles. The lowest BCUT2D eigenvalue weighted by Gasteiger charge is -2.33. The summed E-state index contributed by atoms with van der Waals surface area (Å²) in [7, 11) is -3.89. The normalized spacial score (nSPS) is 14.1. The number of rotatable bonds is 20. The molecule has 3 nitrogen and oxygen atoms in total. The number of alkyl halides is 9. The average Bonchev–Trinajstić information content (AvgIpc) is 2.68. The van der Waals surface area contributed by atoms with Crippen LogP contribution in [-0.4, -0.2) is 39.9 Å². The highest BCUT2D eigenvalue weighted by Gasteiger charge is 2.81. The van der Waals surface area contributed by atoms with Crippen molar-refractivity contribution in [2.45, 2.75) is 127 Å². The molecular weight excluding hydrogens is 502 g/mol. The first-order chi connectivity index (χ1) is 15.5. The van der Waals surface area contributed by atoms with E-state index in [0.29, 0.717) is 19.3 Å². The van der Waals surface area contributed by atoms with Gasteiger partial charge in [-0.2, -0.15) is 39.5 Å². The van der Waals surface area contributed by atoms with Crippen LogP contribution in [0.25, 0.3) is 0 Å². The molecule has 0 fully saturated rings. The van der Waals surface area contributed by atoms with Gasteiger partial charge in [0.25, 0.3) is 0 Å². The predicted molar refractivity (Wildman–Crippen MR) is 112 cm³/mol. The third-order valence-electron chi connectivity index (χ3n) is 5.65. The van der Waals surface area contributed by atoms with Crippen molar-refractivity contribution in [2.24, 2.45) is 0 Å². The molecule has 206 valence electrons. The molecule has 13 heteroatoms. The van der Waals surface area contributed by atoms with Gasteiger partial charge in [-0.1, -0.05) is 83.5 Å². The van der Waals surface area contributed by atoms with Gasteiger partial charge in [0.15, 0.2) is 0 Å². The number of hydrogen-bond acceptors (Lipinski definition) is 1. The molecule has 0 amide bonds. The van der Waals surface area contributed by atoms with Gasteiger partial charge in [-0.15, -0.1) is 0 Å². The Labute approximate surface area is 195 Å². The van der Waals surface area contributed by atoms with E-state index in [2.05, 4.69) is 0 Å². The van der Waals surface area contributed by atoms with Crippen LogP contribution in [0, 0.1) is 0 Å². The third-order valence-corrected chi connectivity index (χ3v) is 6.55. The fraction of sp³-hybridized carbons (Fsp3) is 1.00. The minimum atomic E-state index is -6.81. The van der Waals surface area contributed by atoms with Crippen LogP contribution in [0.2, 0.25) is 0 Å². The molecule has 0 aromatic carbocycles. The molecule has 0 bridgehead atoms. The maximum absolute atomic E-state index is 13.4. The Morgan fingerprint density at radius 3 is 1.06 bits per heavy atom. The van der Waals surface area contributed by atoms with E-state index in [-0.39, 0.29) is 12.6 Å². The van der Waals surface area contributed by atoms with Crippen LogP contribution in [0.4, 0.5) is 39.5 Å². The highest BCUT2D eigenvalue weighted by molar-refractivity contribution is 7.51. The van der Waals surface area contributed by atoms with Crippen LogP contribution in [0.1, 0.15) is 103 Å². The van der Waals surface area contributed by atoms with Crippen molar-refractivity contribution in [1.29, 1.82) is 0 Å². The van der Waals surface area contributed by atoms with Crippen LogP contribution in [0.3, 0.4) is 0 Å². The number of hydrogen-bond donors (Lipinski definition) is 2. The molecule has 0 aliphatic carbocycles. The minimum Gasteiger partial charge on any atom is -0.324 e. The SMILES string of the molecule is O=P(O)(O)CCCCCCCCCCCCCCCCCC(F)(F)C(F)(F)C(F)(F)C(F)(F)F. The molecule has 0 aromatic rings. The topological polar surface area (TPSA) is 57.5 Å². The summed E-state index contributed by atoms with van der Waals surface area (Å²) in [6, 6.07) is 0. The molecule has 34 heavy (non-hydrogen) atoms. The summed E-state index contributed by atoms with van der Waals surface area (Å²) in [6.07, 6.45) is 2.03. The van der Waals surface area contributed by atoms with Crippen LogP contribution >= 0.6 is 7.60 Å². The van der Waals surface area contributed by atoms with Gasteiger partial charge in [-0.05, 0) is 12.8 Å². The lowest BCUT2D eigenvalue weighted by Crippen LogP contribution is -2.60. The van der Waals surface area contributed by atoms with E-state index in [1.807, 2.05) is 0 Å². The van der Waals surface area contributed by atoms with E-state index in [1.165, 1.54) is 0 Å². The fourth-order valence-corrected chi connectivity index (χ4v) is 4.16. The zero-order valence-corrected chi connectivity index (χ0v) is 20.1. The second-order valence-electron chi connectivity index (χ2n) is 8.79. The Hall–Kier alpha value is -0.480. The van der Waals surface area contributed by atoms with E-state index in [0.717, 1.165) is 64.2 Å². The molecule has 0 unspecified atom stereocenters. The standard InChI is InChI=1S/C21H36F9O3P/c22-18(23,19(24,25)20(26,27)21(28,29)30)16-14-12-10-8-6-4-2-1-3-5-7-9-11-13-15-17-34(31,32)33/h1-17H2,(H2,31,32,33). The van der Waals surface area contributed by atoms with Gasteiger partial charge in [-0.25, -0.2) is 0 Å². The Morgan fingerprint density at radius 2 is 0.765 bits per heavy atom.